The standard InChI is InChI=1S/C16H24FNS/c1-2-19-11-5-6-13(12-18-14-9-10-14)15-7-3-4-8-16(15)17/h3-4,7-8,13-14,18H,2,5-6,9-12H2,1H3. The summed E-state index contributed by atoms with van der Waals surface area (Å²) in [7, 11) is 0. The van der Waals surface area contributed by atoms with E-state index in [1.54, 1.807) is 12.1 Å². The number of benzene rings is 1. The minimum atomic E-state index is -0.0479. The van der Waals surface area contributed by atoms with Crippen LogP contribution >= 0.6 is 11.8 Å². The maximum atomic E-state index is 13.9. The molecule has 0 aliphatic heterocycles. The van der Waals surface area contributed by atoms with Crippen molar-refractivity contribution in [3.05, 3.63) is 35.6 Å². The Hall–Kier alpha value is -0.540. The molecule has 1 N–H and O–H groups in total. The third kappa shape index (κ3) is 5.15. The predicted octanol–water partition coefficient (Wildman–Crippen LogP) is 4.19. The lowest BCUT2D eigenvalue weighted by Gasteiger charge is -2.18. The van der Waals surface area contributed by atoms with Gasteiger partial charge in [-0.1, -0.05) is 25.1 Å². The van der Waals surface area contributed by atoms with E-state index in [2.05, 4.69) is 12.2 Å². The summed E-state index contributed by atoms with van der Waals surface area (Å²) in [4.78, 5) is 0. The highest BCUT2D eigenvalue weighted by Gasteiger charge is 2.23. The van der Waals surface area contributed by atoms with Gasteiger partial charge in [0.05, 0.1) is 0 Å². The Bertz CT molecular complexity index is 379. The number of thioether (sulfide) groups is 1. The van der Waals surface area contributed by atoms with E-state index in [4.69, 9.17) is 0 Å². The zero-order valence-corrected chi connectivity index (χ0v) is 12.5. The fraction of sp³-hybridized carbons (Fsp3) is 0.625. The second-order valence-corrected chi connectivity index (χ2v) is 6.63. The van der Waals surface area contributed by atoms with Crippen LogP contribution in [0.1, 0.15) is 44.1 Å². The van der Waals surface area contributed by atoms with Gasteiger partial charge in [0.2, 0.25) is 0 Å². The van der Waals surface area contributed by atoms with E-state index in [-0.39, 0.29) is 5.82 Å². The summed E-state index contributed by atoms with van der Waals surface area (Å²) >= 11 is 1.97. The summed E-state index contributed by atoms with van der Waals surface area (Å²) in [5.41, 5.74) is 0.886. The largest absolute Gasteiger partial charge is 0.313 e. The summed E-state index contributed by atoms with van der Waals surface area (Å²) in [5.74, 6) is 2.63. The number of hydrogen-bond donors (Lipinski definition) is 1. The molecule has 0 bridgehead atoms. The Morgan fingerprint density at radius 2 is 2.16 bits per heavy atom. The quantitative estimate of drug-likeness (QED) is 0.681. The molecule has 19 heavy (non-hydrogen) atoms. The maximum Gasteiger partial charge on any atom is 0.126 e. The fourth-order valence-electron chi connectivity index (χ4n) is 2.35. The minimum Gasteiger partial charge on any atom is -0.313 e. The molecule has 0 spiro atoms. The molecular weight excluding hydrogens is 257 g/mol. The molecule has 1 saturated carbocycles. The van der Waals surface area contributed by atoms with E-state index >= 15 is 0 Å². The van der Waals surface area contributed by atoms with Gasteiger partial charge in [0.25, 0.3) is 0 Å². The van der Waals surface area contributed by atoms with Crippen molar-refractivity contribution < 1.29 is 4.39 Å². The molecule has 1 atom stereocenters. The van der Waals surface area contributed by atoms with Gasteiger partial charge in [-0.15, -0.1) is 0 Å². The number of nitrogens with one attached hydrogen (secondary N) is 1. The summed E-state index contributed by atoms with van der Waals surface area (Å²) < 4.78 is 13.9. The fourth-order valence-corrected chi connectivity index (χ4v) is 3.01. The molecule has 1 fully saturated rings. The molecule has 3 heteroatoms. The highest BCUT2D eigenvalue weighted by Crippen LogP contribution is 2.26. The number of hydrogen-bond acceptors (Lipinski definition) is 2. The van der Waals surface area contributed by atoms with Gasteiger partial charge in [-0.25, -0.2) is 4.39 Å². The highest BCUT2D eigenvalue weighted by atomic mass is 32.2. The van der Waals surface area contributed by atoms with Crippen molar-refractivity contribution in [2.24, 2.45) is 0 Å². The highest BCUT2D eigenvalue weighted by molar-refractivity contribution is 7.99. The summed E-state index contributed by atoms with van der Waals surface area (Å²) in [5, 5.41) is 3.55. The number of rotatable bonds is 9. The lowest BCUT2D eigenvalue weighted by Crippen LogP contribution is -2.24. The molecule has 0 saturated heterocycles. The van der Waals surface area contributed by atoms with Crippen LogP contribution in [-0.2, 0) is 0 Å². The molecule has 1 aliphatic rings. The van der Waals surface area contributed by atoms with Gasteiger partial charge in [0.1, 0.15) is 5.82 Å². The van der Waals surface area contributed by atoms with Crippen LogP contribution in [0.2, 0.25) is 0 Å². The molecule has 0 amide bonds. The average molecular weight is 281 g/mol. The molecule has 106 valence electrons. The maximum absolute atomic E-state index is 13.9. The van der Waals surface area contributed by atoms with Crippen molar-refractivity contribution in [2.75, 3.05) is 18.1 Å². The molecule has 2 rings (SSSR count). The second kappa shape index (κ2) is 7.91. The average Bonchev–Trinajstić information content (AvgIpc) is 3.23. The van der Waals surface area contributed by atoms with Gasteiger partial charge < -0.3 is 5.32 Å². The monoisotopic (exact) mass is 281 g/mol. The van der Waals surface area contributed by atoms with Crippen LogP contribution in [-0.4, -0.2) is 24.1 Å². The predicted molar refractivity (Wildman–Crippen MR) is 82.4 cm³/mol. The van der Waals surface area contributed by atoms with E-state index in [0.29, 0.717) is 12.0 Å². The van der Waals surface area contributed by atoms with E-state index in [9.17, 15) is 4.39 Å². The van der Waals surface area contributed by atoms with Crippen LogP contribution in [0.25, 0.3) is 0 Å². The normalized spacial score (nSPS) is 16.5. The van der Waals surface area contributed by atoms with Crippen LogP contribution in [0.4, 0.5) is 4.39 Å². The van der Waals surface area contributed by atoms with Crippen LogP contribution in [0.5, 0.6) is 0 Å². The zero-order chi connectivity index (χ0) is 13.5. The first-order valence-electron chi connectivity index (χ1n) is 7.36. The summed E-state index contributed by atoms with van der Waals surface area (Å²) in [6.07, 6.45) is 4.82. The van der Waals surface area contributed by atoms with Gasteiger partial charge in [-0.2, -0.15) is 11.8 Å². The van der Waals surface area contributed by atoms with E-state index in [1.165, 1.54) is 30.8 Å². The molecule has 1 aliphatic carbocycles. The zero-order valence-electron chi connectivity index (χ0n) is 11.7. The Labute approximate surface area is 120 Å². The van der Waals surface area contributed by atoms with Crippen molar-refractivity contribution in [3.8, 4) is 0 Å². The Balaban J connectivity index is 1.90. The van der Waals surface area contributed by atoms with Gasteiger partial charge >= 0.3 is 0 Å². The van der Waals surface area contributed by atoms with Crippen molar-refractivity contribution in [1.82, 2.24) is 5.32 Å². The van der Waals surface area contributed by atoms with Gasteiger partial charge in [-0.3, -0.25) is 0 Å². The Morgan fingerprint density at radius 1 is 1.37 bits per heavy atom. The molecule has 0 heterocycles. The third-order valence-electron chi connectivity index (χ3n) is 3.62. The topological polar surface area (TPSA) is 12.0 Å². The Kier molecular flexibility index (Phi) is 6.18. The van der Waals surface area contributed by atoms with Crippen LogP contribution in [0.3, 0.4) is 0 Å². The first-order valence-corrected chi connectivity index (χ1v) is 8.52. The van der Waals surface area contributed by atoms with E-state index in [1.807, 2.05) is 23.9 Å². The lowest BCUT2D eigenvalue weighted by molar-refractivity contribution is 0.512. The molecule has 1 aromatic rings. The minimum absolute atomic E-state index is 0.0479. The second-order valence-electron chi connectivity index (χ2n) is 5.24. The molecular formula is C16H24FNS. The first kappa shape index (κ1) is 14.9. The first-order chi connectivity index (χ1) is 9.31. The van der Waals surface area contributed by atoms with Crippen LogP contribution < -0.4 is 5.32 Å². The molecule has 0 radical (unpaired) electrons. The third-order valence-corrected chi connectivity index (χ3v) is 4.61. The van der Waals surface area contributed by atoms with Crippen molar-refractivity contribution in [1.29, 1.82) is 0 Å². The van der Waals surface area contributed by atoms with Crippen LogP contribution in [0.15, 0.2) is 24.3 Å². The lowest BCUT2D eigenvalue weighted by atomic mass is 9.94. The summed E-state index contributed by atoms with van der Waals surface area (Å²) in [6, 6.07) is 7.95. The van der Waals surface area contributed by atoms with Crippen molar-refractivity contribution in [3.63, 3.8) is 0 Å². The van der Waals surface area contributed by atoms with Crippen LogP contribution in [0, 0.1) is 5.82 Å². The van der Waals surface area contributed by atoms with Gasteiger partial charge in [0, 0.05) is 12.6 Å². The molecule has 1 aromatic carbocycles. The molecule has 1 unspecified atom stereocenters. The van der Waals surface area contributed by atoms with E-state index < -0.39 is 0 Å². The van der Waals surface area contributed by atoms with E-state index in [0.717, 1.165) is 18.5 Å². The van der Waals surface area contributed by atoms with Crippen molar-refractivity contribution in [2.45, 2.75) is 44.6 Å². The SMILES string of the molecule is CCSCCCC(CNC1CC1)c1ccccc1F. The summed E-state index contributed by atoms with van der Waals surface area (Å²) in [6.45, 7) is 3.11. The van der Waals surface area contributed by atoms with Gasteiger partial charge in [-0.05, 0) is 54.7 Å². The molecule has 1 nitrogen and oxygen atoms in total. The van der Waals surface area contributed by atoms with Gasteiger partial charge in [0.15, 0.2) is 0 Å². The smallest absolute Gasteiger partial charge is 0.126 e. The number of halogens is 1. The Morgan fingerprint density at radius 3 is 2.84 bits per heavy atom. The van der Waals surface area contributed by atoms with Crippen molar-refractivity contribution >= 4 is 11.8 Å². The molecule has 0 aromatic heterocycles.